The summed E-state index contributed by atoms with van der Waals surface area (Å²) in [6, 6.07) is 5.86. The number of nitrogen functional groups attached to an aromatic ring is 1. The third-order valence-electron chi connectivity index (χ3n) is 3.54. The number of carbonyl (C=O) groups is 1. The largest absolute Gasteiger partial charge is 0.399 e. The Morgan fingerprint density at radius 2 is 2.35 bits per heavy atom. The molecule has 0 bridgehead atoms. The number of thioether (sulfide) groups is 1. The van der Waals surface area contributed by atoms with Crippen LogP contribution in [0, 0.1) is 5.92 Å². The number of fused-ring (bicyclic) bond motifs is 1. The van der Waals surface area contributed by atoms with Crippen molar-refractivity contribution in [1.29, 1.82) is 0 Å². The van der Waals surface area contributed by atoms with Gasteiger partial charge in [0.2, 0.25) is 5.91 Å². The molecule has 1 saturated heterocycles. The molecule has 1 aromatic carbocycles. The molecule has 2 N–H and O–H groups in total. The van der Waals surface area contributed by atoms with Crippen molar-refractivity contribution in [1.82, 2.24) is 0 Å². The average molecular weight is 248 g/mol. The van der Waals surface area contributed by atoms with E-state index in [0.29, 0.717) is 5.91 Å². The van der Waals surface area contributed by atoms with Gasteiger partial charge in [0.25, 0.3) is 0 Å². The van der Waals surface area contributed by atoms with Gasteiger partial charge in [0.1, 0.15) is 0 Å². The predicted octanol–water partition coefficient (Wildman–Crippen LogP) is 1.91. The van der Waals surface area contributed by atoms with Crippen molar-refractivity contribution in [3.8, 4) is 0 Å². The first-order chi connectivity index (χ1) is 8.25. The number of benzene rings is 1. The summed E-state index contributed by atoms with van der Waals surface area (Å²) in [6.45, 7) is 0.818. The zero-order chi connectivity index (χ0) is 11.8. The first-order valence-electron chi connectivity index (χ1n) is 6.03. The van der Waals surface area contributed by atoms with E-state index in [1.54, 1.807) is 0 Å². The monoisotopic (exact) mass is 248 g/mol. The highest BCUT2D eigenvalue weighted by Gasteiger charge is 2.31. The SMILES string of the molecule is Nc1ccc2c(c1)CCN2C(=O)C1CCSC1. The van der Waals surface area contributed by atoms with Crippen LogP contribution in [0.15, 0.2) is 18.2 Å². The minimum atomic E-state index is 0.225. The Kier molecular flexibility index (Phi) is 2.74. The van der Waals surface area contributed by atoms with E-state index in [-0.39, 0.29) is 5.92 Å². The van der Waals surface area contributed by atoms with Gasteiger partial charge in [-0.3, -0.25) is 4.79 Å². The summed E-state index contributed by atoms with van der Waals surface area (Å²) in [7, 11) is 0. The van der Waals surface area contributed by atoms with Crippen molar-refractivity contribution >= 4 is 29.0 Å². The van der Waals surface area contributed by atoms with E-state index in [9.17, 15) is 4.79 Å². The molecule has 0 radical (unpaired) electrons. The number of anilines is 2. The first-order valence-corrected chi connectivity index (χ1v) is 7.19. The van der Waals surface area contributed by atoms with Crippen LogP contribution in [0.3, 0.4) is 0 Å². The topological polar surface area (TPSA) is 46.3 Å². The molecule has 17 heavy (non-hydrogen) atoms. The van der Waals surface area contributed by atoms with Crippen molar-refractivity contribution in [3.63, 3.8) is 0 Å². The van der Waals surface area contributed by atoms with Crippen molar-refractivity contribution in [3.05, 3.63) is 23.8 Å². The Balaban J connectivity index is 1.85. The van der Waals surface area contributed by atoms with E-state index in [0.717, 1.165) is 42.3 Å². The van der Waals surface area contributed by atoms with E-state index < -0.39 is 0 Å². The maximum absolute atomic E-state index is 12.4. The molecule has 0 aromatic heterocycles. The summed E-state index contributed by atoms with van der Waals surface area (Å²) >= 11 is 1.89. The molecule has 2 aliphatic rings. The van der Waals surface area contributed by atoms with Gasteiger partial charge < -0.3 is 10.6 Å². The molecule has 4 heteroatoms. The Hall–Kier alpha value is -1.16. The quantitative estimate of drug-likeness (QED) is 0.772. The Morgan fingerprint density at radius 3 is 3.12 bits per heavy atom. The van der Waals surface area contributed by atoms with Gasteiger partial charge in [-0.15, -0.1) is 0 Å². The Labute approximate surface area is 105 Å². The van der Waals surface area contributed by atoms with Crippen LogP contribution in [0.5, 0.6) is 0 Å². The number of hydrogen-bond acceptors (Lipinski definition) is 3. The molecule has 90 valence electrons. The van der Waals surface area contributed by atoms with E-state index >= 15 is 0 Å². The molecule has 1 atom stereocenters. The van der Waals surface area contributed by atoms with Gasteiger partial charge in [-0.1, -0.05) is 0 Å². The average Bonchev–Trinajstić information content (AvgIpc) is 2.96. The molecule has 1 fully saturated rings. The first kappa shape index (κ1) is 11.0. The summed E-state index contributed by atoms with van der Waals surface area (Å²) in [6.07, 6.45) is 1.97. The van der Waals surface area contributed by atoms with Crippen LogP contribution in [-0.2, 0) is 11.2 Å². The van der Waals surface area contributed by atoms with Gasteiger partial charge in [0, 0.05) is 29.6 Å². The molecular weight excluding hydrogens is 232 g/mol. The van der Waals surface area contributed by atoms with Crippen molar-refractivity contribution < 1.29 is 4.79 Å². The van der Waals surface area contributed by atoms with Crippen LogP contribution in [0.2, 0.25) is 0 Å². The van der Waals surface area contributed by atoms with Crippen LogP contribution in [0.25, 0.3) is 0 Å². The van der Waals surface area contributed by atoms with Crippen LogP contribution in [-0.4, -0.2) is 24.0 Å². The lowest BCUT2D eigenvalue weighted by Crippen LogP contribution is -2.34. The van der Waals surface area contributed by atoms with Gasteiger partial charge in [-0.2, -0.15) is 11.8 Å². The third kappa shape index (κ3) is 1.90. The van der Waals surface area contributed by atoms with Crippen LogP contribution in [0.4, 0.5) is 11.4 Å². The van der Waals surface area contributed by atoms with Gasteiger partial charge in [0.15, 0.2) is 0 Å². The molecule has 3 nitrogen and oxygen atoms in total. The van der Waals surface area contributed by atoms with Crippen LogP contribution in [0.1, 0.15) is 12.0 Å². The molecule has 2 heterocycles. The zero-order valence-corrected chi connectivity index (χ0v) is 10.5. The molecule has 1 aromatic rings. The number of nitrogens with two attached hydrogens (primary N) is 1. The summed E-state index contributed by atoms with van der Waals surface area (Å²) < 4.78 is 0. The summed E-state index contributed by atoms with van der Waals surface area (Å²) in [5.74, 6) is 2.64. The molecule has 0 saturated carbocycles. The highest BCUT2D eigenvalue weighted by Crippen LogP contribution is 2.33. The lowest BCUT2D eigenvalue weighted by Gasteiger charge is -2.20. The number of hydrogen-bond donors (Lipinski definition) is 1. The smallest absolute Gasteiger partial charge is 0.230 e. The molecule has 0 aliphatic carbocycles. The zero-order valence-electron chi connectivity index (χ0n) is 9.69. The molecule has 1 amide bonds. The van der Waals surface area contributed by atoms with Crippen LogP contribution >= 0.6 is 11.8 Å². The Morgan fingerprint density at radius 1 is 1.47 bits per heavy atom. The summed E-state index contributed by atoms with van der Waals surface area (Å²) in [4.78, 5) is 14.3. The normalized spacial score (nSPS) is 22.8. The van der Waals surface area contributed by atoms with E-state index in [1.807, 2.05) is 34.9 Å². The number of rotatable bonds is 1. The standard InChI is InChI=1S/C13H16N2OS/c14-11-1-2-12-9(7-11)3-5-15(12)13(16)10-4-6-17-8-10/h1-2,7,10H,3-6,8,14H2. The second kappa shape index (κ2) is 4.26. The second-order valence-corrected chi connectivity index (χ2v) is 5.84. The minimum absolute atomic E-state index is 0.225. The van der Waals surface area contributed by atoms with Crippen molar-refractivity contribution in [2.45, 2.75) is 12.8 Å². The fourth-order valence-electron chi connectivity index (χ4n) is 2.60. The predicted molar refractivity (Wildman–Crippen MR) is 72.3 cm³/mol. The number of amides is 1. The highest BCUT2D eigenvalue weighted by atomic mass is 32.2. The van der Waals surface area contributed by atoms with Crippen LogP contribution < -0.4 is 10.6 Å². The number of carbonyl (C=O) groups excluding carboxylic acids is 1. The van der Waals surface area contributed by atoms with Gasteiger partial charge >= 0.3 is 0 Å². The van der Waals surface area contributed by atoms with Gasteiger partial charge in [-0.05, 0) is 42.4 Å². The molecule has 3 rings (SSSR count). The number of nitrogens with zero attached hydrogens (tertiary/aromatic N) is 1. The Bertz CT molecular complexity index is 455. The maximum Gasteiger partial charge on any atom is 0.230 e. The lowest BCUT2D eigenvalue weighted by molar-refractivity contribution is -0.121. The molecule has 1 unspecified atom stereocenters. The van der Waals surface area contributed by atoms with E-state index in [1.165, 1.54) is 5.56 Å². The summed E-state index contributed by atoms with van der Waals surface area (Å²) in [5, 5.41) is 0. The summed E-state index contributed by atoms with van der Waals surface area (Å²) in [5.41, 5.74) is 8.84. The van der Waals surface area contributed by atoms with Crippen molar-refractivity contribution in [2.75, 3.05) is 28.7 Å². The minimum Gasteiger partial charge on any atom is -0.399 e. The second-order valence-electron chi connectivity index (χ2n) is 4.69. The highest BCUT2D eigenvalue weighted by molar-refractivity contribution is 7.99. The third-order valence-corrected chi connectivity index (χ3v) is 4.71. The molecule has 2 aliphatic heterocycles. The maximum atomic E-state index is 12.4. The fraction of sp³-hybridized carbons (Fsp3) is 0.462. The molecular formula is C13H16N2OS. The van der Waals surface area contributed by atoms with Crippen molar-refractivity contribution in [2.24, 2.45) is 5.92 Å². The van der Waals surface area contributed by atoms with E-state index in [2.05, 4.69) is 0 Å². The fourth-order valence-corrected chi connectivity index (χ4v) is 3.81. The lowest BCUT2D eigenvalue weighted by atomic mass is 10.1. The van der Waals surface area contributed by atoms with Gasteiger partial charge in [0.05, 0.1) is 0 Å². The van der Waals surface area contributed by atoms with Gasteiger partial charge in [-0.25, -0.2) is 0 Å². The van der Waals surface area contributed by atoms with E-state index in [4.69, 9.17) is 5.73 Å². The molecule has 0 spiro atoms.